The summed E-state index contributed by atoms with van der Waals surface area (Å²) in [6, 6.07) is 172. The quantitative estimate of drug-likeness (QED) is 0.0911. The van der Waals surface area contributed by atoms with Gasteiger partial charge < -0.3 is 27.8 Å². The van der Waals surface area contributed by atoms with Crippen molar-refractivity contribution in [2.24, 2.45) is 0 Å². The molecular formula is C120H78N4O2. The first-order valence-corrected chi connectivity index (χ1v) is 43.1. The molecule has 0 saturated heterocycles. The highest BCUT2D eigenvalue weighted by Gasteiger charge is 2.27. The smallest absolute Gasteiger partial charge is 0.136 e. The van der Waals surface area contributed by atoms with Crippen molar-refractivity contribution in [2.45, 2.75) is 0 Å². The zero-order valence-electron chi connectivity index (χ0n) is 68.6. The topological polar surface area (TPSA) is 42.6 Å². The van der Waals surface area contributed by atoms with Gasteiger partial charge in [0.15, 0.2) is 0 Å². The standard InChI is InChI=1S/C120H78N4O2/c1-2-28-79(29-3-1)82-30-22-38-91(74-82)97-42-4-12-52-108(97)122(113-57-17-9-47-102(113)105-51-27-61-118-120(105)107-49-11-19-59-116(107)126-118)93-69-64-81(65-70-93)88-36-24-41-96(76-88)124-112-56-16-7-45-100(112)103-71-66-90(78-114(103)124)86-34-21-32-84(73-86)83-31-20-33-85(72-83)89-37-25-39-94(77-89)121(109-53-13-8-46-101(109)104-50-26-60-117-119(104)106-48-10-18-58-115(106)125-117)92-67-62-80(63-68-92)87-35-23-40-95(75-87)123-110-54-14-5-43-98(110)99-44-6-15-55-111(99)123/h1-78H. The molecule has 0 aliphatic rings. The lowest BCUT2D eigenvalue weighted by Crippen LogP contribution is -2.12. The van der Waals surface area contributed by atoms with Crippen molar-refractivity contribution in [1.82, 2.24) is 9.13 Å². The minimum absolute atomic E-state index is 0.857. The van der Waals surface area contributed by atoms with Gasteiger partial charge in [-0.1, -0.05) is 328 Å². The molecule has 590 valence electrons. The second-order valence-corrected chi connectivity index (χ2v) is 32.6. The Balaban J connectivity index is 0.566. The van der Waals surface area contributed by atoms with Crippen molar-refractivity contribution in [3.8, 4) is 112 Å². The molecule has 6 heteroatoms. The van der Waals surface area contributed by atoms with Crippen LogP contribution >= 0.6 is 0 Å². The molecular weight excluding hydrogens is 1530 g/mol. The largest absolute Gasteiger partial charge is 0.456 e. The normalized spacial score (nSPS) is 11.7. The number of nitrogens with zero attached hydrogens (tertiary/aromatic N) is 4. The lowest BCUT2D eigenvalue weighted by Gasteiger charge is -2.30. The zero-order valence-corrected chi connectivity index (χ0v) is 68.6. The fourth-order valence-electron chi connectivity index (χ4n) is 19.5. The Morgan fingerprint density at radius 3 is 0.984 bits per heavy atom. The Hall–Kier alpha value is -16.8. The molecule has 0 amide bonds. The summed E-state index contributed by atoms with van der Waals surface area (Å²) < 4.78 is 17.9. The lowest BCUT2D eigenvalue weighted by molar-refractivity contribution is 0.668. The lowest BCUT2D eigenvalue weighted by atomic mass is 9.95. The van der Waals surface area contributed by atoms with Crippen molar-refractivity contribution in [3.63, 3.8) is 0 Å². The van der Waals surface area contributed by atoms with Gasteiger partial charge in [-0.05, 0) is 229 Å². The summed E-state index contributed by atoms with van der Waals surface area (Å²) in [5.41, 5.74) is 36.8. The van der Waals surface area contributed by atoms with E-state index in [0.717, 1.165) is 195 Å². The number of hydrogen-bond donors (Lipinski definition) is 0. The molecule has 4 heterocycles. The number of benzene rings is 20. The molecule has 6 nitrogen and oxygen atoms in total. The molecule has 0 saturated carbocycles. The van der Waals surface area contributed by atoms with E-state index in [1.807, 2.05) is 12.1 Å². The fourth-order valence-corrected chi connectivity index (χ4v) is 19.5. The summed E-state index contributed by atoms with van der Waals surface area (Å²) in [4.78, 5) is 4.87. The highest BCUT2D eigenvalue weighted by atomic mass is 16.3. The maximum absolute atomic E-state index is 6.55. The molecule has 0 spiro atoms. The van der Waals surface area contributed by atoms with E-state index < -0.39 is 0 Å². The molecule has 0 N–H and O–H groups in total. The predicted molar refractivity (Wildman–Crippen MR) is 528 cm³/mol. The predicted octanol–water partition coefficient (Wildman–Crippen LogP) is 33.6. The Labute approximate surface area is 729 Å². The maximum Gasteiger partial charge on any atom is 0.136 e. The van der Waals surface area contributed by atoms with E-state index in [-0.39, 0.29) is 0 Å². The maximum atomic E-state index is 6.55. The van der Waals surface area contributed by atoms with Crippen LogP contribution in [0.5, 0.6) is 0 Å². The second-order valence-electron chi connectivity index (χ2n) is 32.6. The Bertz CT molecular complexity index is 8320. The number of aromatic nitrogens is 2. The van der Waals surface area contributed by atoms with Gasteiger partial charge in [0.1, 0.15) is 22.3 Å². The SMILES string of the molecule is c1ccc(-c2cccc(-c3ccccc3N(c3ccc(-c4cccc(-n5c6ccccc6c6ccc(-c7cccc(-c8cccc(-c9cccc(N(c%10ccc(-c%11cccc(-n%12c%13ccccc%13c%13ccccc%13%12)c%11)cc%10)c%10ccccc%10-c%10cccc%11oc%12ccccc%12c%10%11)c9)c8)c7)cc65)c4)cc3)c3ccccc3-c3cccc4oc5ccccc5c34)c2)cc1. The summed E-state index contributed by atoms with van der Waals surface area (Å²) in [7, 11) is 0. The molecule has 0 fully saturated rings. The first-order valence-electron chi connectivity index (χ1n) is 43.1. The number of fused-ring (bicyclic) bond motifs is 12. The highest BCUT2D eigenvalue weighted by molar-refractivity contribution is 6.17. The Morgan fingerprint density at radius 2 is 0.468 bits per heavy atom. The zero-order chi connectivity index (χ0) is 83.1. The molecule has 0 unspecified atom stereocenters. The van der Waals surface area contributed by atoms with Crippen LogP contribution in [0, 0.1) is 0 Å². The van der Waals surface area contributed by atoms with E-state index >= 15 is 0 Å². The van der Waals surface area contributed by atoms with Crippen LogP contribution in [0.25, 0.3) is 199 Å². The van der Waals surface area contributed by atoms with E-state index in [9.17, 15) is 0 Å². The molecule has 0 aliphatic carbocycles. The summed E-state index contributed by atoms with van der Waals surface area (Å²) in [6.45, 7) is 0. The molecule has 0 atom stereocenters. The Kier molecular flexibility index (Phi) is 17.8. The van der Waals surface area contributed by atoms with Gasteiger partial charge >= 0.3 is 0 Å². The number of anilines is 6. The van der Waals surface area contributed by atoms with Crippen molar-refractivity contribution >= 4 is 122 Å². The van der Waals surface area contributed by atoms with Crippen LogP contribution in [0.15, 0.2) is 482 Å². The third-order valence-corrected chi connectivity index (χ3v) is 25.3. The van der Waals surface area contributed by atoms with Crippen LogP contribution in [-0.2, 0) is 0 Å². The van der Waals surface area contributed by atoms with Gasteiger partial charge in [0.25, 0.3) is 0 Å². The summed E-state index contributed by atoms with van der Waals surface area (Å²) in [5.74, 6) is 0. The van der Waals surface area contributed by atoms with Gasteiger partial charge in [-0.15, -0.1) is 0 Å². The van der Waals surface area contributed by atoms with Crippen molar-refractivity contribution in [2.75, 3.05) is 9.80 Å². The van der Waals surface area contributed by atoms with Crippen molar-refractivity contribution in [1.29, 1.82) is 0 Å². The third-order valence-electron chi connectivity index (χ3n) is 25.3. The van der Waals surface area contributed by atoms with Crippen molar-refractivity contribution < 1.29 is 8.83 Å². The van der Waals surface area contributed by atoms with E-state index in [2.05, 4.69) is 480 Å². The molecule has 24 aromatic rings. The minimum atomic E-state index is 0.857. The monoisotopic (exact) mass is 1610 g/mol. The molecule has 0 radical (unpaired) electrons. The minimum Gasteiger partial charge on any atom is -0.456 e. The van der Waals surface area contributed by atoms with Gasteiger partial charge in [0, 0.05) is 88.2 Å². The van der Waals surface area contributed by atoms with Crippen LogP contribution < -0.4 is 9.80 Å². The van der Waals surface area contributed by atoms with E-state index in [0.29, 0.717) is 0 Å². The van der Waals surface area contributed by atoms with Crippen LogP contribution in [0.3, 0.4) is 0 Å². The summed E-state index contributed by atoms with van der Waals surface area (Å²) in [6.07, 6.45) is 0. The van der Waals surface area contributed by atoms with Crippen LogP contribution in [0.1, 0.15) is 0 Å². The number of rotatable bonds is 17. The summed E-state index contributed by atoms with van der Waals surface area (Å²) in [5, 5.41) is 9.25. The first kappa shape index (κ1) is 73.1. The average Bonchev–Trinajstić information content (AvgIpc) is 1.29. The van der Waals surface area contributed by atoms with Crippen LogP contribution in [0.4, 0.5) is 34.1 Å². The molecule has 0 bridgehead atoms. The number of para-hydroxylation sites is 8. The average molecular weight is 1610 g/mol. The van der Waals surface area contributed by atoms with Crippen LogP contribution in [-0.4, -0.2) is 9.13 Å². The fraction of sp³-hybridized carbons (Fsp3) is 0. The van der Waals surface area contributed by atoms with E-state index in [4.69, 9.17) is 8.83 Å². The second kappa shape index (κ2) is 30.7. The third kappa shape index (κ3) is 12.7. The summed E-state index contributed by atoms with van der Waals surface area (Å²) >= 11 is 0. The molecule has 126 heavy (non-hydrogen) atoms. The van der Waals surface area contributed by atoms with Gasteiger partial charge in [0.05, 0.1) is 39.1 Å². The van der Waals surface area contributed by atoms with E-state index in [1.54, 1.807) is 0 Å². The Morgan fingerprint density at radius 1 is 0.159 bits per heavy atom. The van der Waals surface area contributed by atoms with Crippen molar-refractivity contribution in [3.05, 3.63) is 473 Å². The van der Waals surface area contributed by atoms with E-state index in [1.165, 1.54) is 38.1 Å². The van der Waals surface area contributed by atoms with Crippen LogP contribution in [0.2, 0.25) is 0 Å². The molecule has 20 aromatic carbocycles. The van der Waals surface area contributed by atoms with Gasteiger partial charge in [-0.3, -0.25) is 0 Å². The van der Waals surface area contributed by atoms with Gasteiger partial charge in [-0.25, -0.2) is 0 Å². The first-order chi connectivity index (χ1) is 62.5. The highest BCUT2D eigenvalue weighted by Crippen LogP contribution is 2.51. The molecule has 0 aliphatic heterocycles. The molecule has 24 rings (SSSR count). The van der Waals surface area contributed by atoms with Gasteiger partial charge in [0.2, 0.25) is 0 Å². The number of hydrogen-bond acceptors (Lipinski definition) is 4. The van der Waals surface area contributed by atoms with Gasteiger partial charge in [-0.2, -0.15) is 0 Å². The molecule has 4 aromatic heterocycles. The number of furan rings is 2.